The molecule has 1 fully saturated rings. The zero-order valence-electron chi connectivity index (χ0n) is 13.8. The molecular weight excluding hydrogens is 411 g/mol. The van der Waals surface area contributed by atoms with Gasteiger partial charge in [0.25, 0.3) is 0 Å². The van der Waals surface area contributed by atoms with Crippen LogP contribution in [0.5, 0.6) is 0 Å². The second-order valence-corrected chi connectivity index (χ2v) is 6.89. The van der Waals surface area contributed by atoms with E-state index in [1.54, 1.807) is 18.4 Å². The first-order valence-corrected chi connectivity index (χ1v) is 8.14. The Morgan fingerprint density at radius 3 is 2.82 bits per heavy atom. The quantitative estimate of drug-likeness (QED) is 0.417. The van der Waals surface area contributed by atoms with Crippen LogP contribution in [0, 0.1) is 6.92 Å². The number of hydrogen-bond acceptors (Lipinski definition) is 5. The zero-order valence-corrected chi connectivity index (χ0v) is 16.9. The van der Waals surface area contributed by atoms with Crippen LogP contribution in [0.4, 0.5) is 0 Å². The summed E-state index contributed by atoms with van der Waals surface area (Å²) >= 11 is 1.72. The van der Waals surface area contributed by atoms with Gasteiger partial charge in [-0.15, -0.1) is 35.3 Å². The molecule has 126 valence electrons. The number of guanidine groups is 1. The van der Waals surface area contributed by atoms with Crippen molar-refractivity contribution in [2.24, 2.45) is 4.99 Å². The van der Waals surface area contributed by atoms with Gasteiger partial charge in [-0.25, -0.2) is 4.98 Å². The van der Waals surface area contributed by atoms with E-state index in [0.717, 1.165) is 43.7 Å². The molecule has 0 aromatic carbocycles. The first kappa shape index (κ1) is 19.6. The van der Waals surface area contributed by atoms with Crippen molar-refractivity contribution in [3.63, 3.8) is 0 Å². The Labute approximate surface area is 154 Å². The van der Waals surface area contributed by atoms with Gasteiger partial charge in [-0.05, 0) is 21.0 Å². The number of aromatic nitrogens is 1. The van der Waals surface area contributed by atoms with Crippen molar-refractivity contribution in [3.8, 4) is 0 Å². The van der Waals surface area contributed by atoms with Crippen molar-refractivity contribution < 1.29 is 0 Å². The Morgan fingerprint density at radius 2 is 2.18 bits per heavy atom. The summed E-state index contributed by atoms with van der Waals surface area (Å²) < 4.78 is 0. The highest BCUT2D eigenvalue weighted by atomic mass is 127. The average Bonchev–Trinajstić information content (AvgIpc) is 2.88. The van der Waals surface area contributed by atoms with E-state index < -0.39 is 0 Å². The average molecular weight is 438 g/mol. The van der Waals surface area contributed by atoms with E-state index in [2.05, 4.69) is 51.4 Å². The van der Waals surface area contributed by atoms with Gasteiger partial charge in [0.1, 0.15) is 5.01 Å². The maximum atomic E-state index is 4.35. The number of thiazole rings is 1. The second kappa shape index (κ2) is 9.64. The lowest BCUT2D eigenvalue weighted by atomic mass is 10.2. The normalized spacial score (nSPS) is 20.5. The number of halogens is 1. The van der Waals surface area contributed by atoms with E-state index in [4.69, 9.17) is 0 Å². The molecule has 2 heterocycles. The predicted octanol–water partition coefficient (Wildman–Crippen LogP) is 0.980. The van der Waals surface area contributed by atoms with Gasteiger partial charge in [0.2, 0.25) is 0 Å². The van der Waals surface area contributed by atoms with E-state index in [9.17, 15) is 0 Å². The number of nitrogens with zero attached hydrogens (tertiary/aromatic N) is 4. The summed E-state index contributed by atoms with van der Waals surface area (Å²) in [4.78, 5) is 14.7. The molecule has 1 aliphatic rings. The van der Waals surface area contributed by atoms with E-state index in [-0.39, 0.29) is 24.0 Å². The predicted molar refractivity (Wildman–Crippen MR) is 104 cm³/mol. The summed E-state index contributed by atoms with van der Waals surface area (Å²) in [7, 11) is 6.17. The summed E-state index contributed by atoms with van der Waals surface area (Å²) in [5.74, 6) is 0.837. The molecule has 22 heavy (non-hydrogen) atoms. The lowest BCUT2D eigenvalue weighted by Crippen LogP contribution is -2.55. The first-order valence-electron chi connectivity index (χ1n) is 7.33. The Bertz CT molecular complexity index is 478. The van der Waals surface area contributed by atoms with Gasteiger partial charge in [0.05, 0.1) is 6.54 Å². The number of hydrogen-bond donors (Lipinski definition) is 2. The van der Waals surface area contributed by atoms with Gasteiger partial charge in [-0.2, -0.15) is 0 Å². The number of aliphatic imine (C=N–C) groups is 1. The summed E-state index contributed by atoms with van der Waals surface area (Å²) in [6.45, 7) is 7.04. The SMILES string of the molecule is CN=C(NCc1ncc(C)s1)NCC1CN(C)CCN1C.I. The molecule has 2 rings (SSSR count). The Hall–Kier alpha value is -0.450. The molecule has 0 aliphatic carbocycles. The van der Waals surface area contributed by atoms with Crippen LogP contribution in [0.2, 0.25) is 0 Å². The van der Waals surface area contributed by atoms with Gasteiger partial charge >= 0.3 is 0 Å². The largest absolute Gasteiger partial charge is 0.355 e. The highest BCUT2D eigenvalue weighted by molar-refractivity contribution is 14.0. The highest BCUT2D eigenvalue weighted by Crippen LogP contribution is 2.10. The molecule has 0 bridgehead atoms. The Kier molecular flexibility index (Phi) is 8.58. The van der Waals surface area contributed by atoms with Gasteiger partial charge < -0.3 is 15.5 Å². The van der Waals surface area contributed by atoms with Crippen LogP contribution in [0.25, 0.3) is 0 Å². The molecule has 6 nitrogen and oxygen atoms in total. The number of rotatable bonds is 4. The molecule has 8 heteroatoms. The fourth-order valence-electron chi connectivity index (χ4n) is 2.40. The van der Waals surface area contributed by atoms with Crippen molar-refractivity contribution in [2.45, 2.75) is 19.5 Å². The summed E-state index contributed by atoms with van der Waals surface area (Å²) in [6, 6.07) is 0.518. The topological polar surface area (TPSA) is 55.8 Å². The van der Waals surface area contributed by atoms with Crippen molar-refractivity contribution in [3.05, 3.63) is 16.1 Å². The van der Waals surface area contributed by atoms with Crippen molar-refractivity contribution in [2.75, 3.05) is 47.3 Å². The Balaban J connectivity index is 0.00000242. The van der Waals surface area contributed by atoms with Crippen LogP contribution in [-0.4, -0.2) is 74.1 Å². The van der Waals surface area contributed by atoms with Crippen LogP contribution < -0.4 is 10.6 Å². The standard InChI is InChI=1S/C14H26N6S.HI/c1-11-7-16-13(21-11)9-18-14(15-2)17-8-12-10-19(3)5-6-20(12)4;/h7,12H,5-6,8-10H2,1-4H3,(H2,15,17,18);1H. The number of likely N-dealkylation sites (N-methyl/N-ethyl adjacent to an activating group) is 2. The lowest BCUT2D eigenvalue weighted by molar-refractivity contribution is 0.116. The molecule has 1 atom stereocenters. The first-order chi connectivity index (χ1) is 10.1. The molecule has 0 amide bonds. The third-order valence-electron chi connectivity index (χ3n) is 3.79. The molecule has 1 aliphatic heterocycles. The lowest BCUT2D eigenvalue weighted by Gasteiger charge is -2.37. The van der Waals surface area contributed by atoms with Gasteiger partial charge in [-0.3, -0.25) is 9.89 Å². The highest BCUT2D eigenvalue weighted by Gasteiger charge is 2.21. The maximum Gasteiger partial charge on any atom is 0.191 e. The van der Waals surface area contributed by atoms with Gasteiger partial charge in [0.15, 0.2) is 5.96 Å². The fourth-order valence-corrected chi connectivity index (χ4v) is 3.13. The van der Waals surface area contributed by atoms with Crippen LogP contribution in [0.15, 0.2) is 11.2 Å². The maximum absolute atomic E-state index is 4.35. The molecule has 0 spiro atoms. The summed E-state index contributed by atoms with van der Waals surface area (Å²) in [5, 5.41) is 7.82. The van der Waals surface area contributed by atoms with Crippen LogP contribution in [-0.2, 0) is 6.54 Å². The third-order valence-corrected chi connectivity index (χ3v) is 4.70. The van der Waals surface area contributed by atoms with Crippen LogP contribution >= 0.6 is 35.3 Å². The minimum Gasteiger partial charge on any atom is -0.355 e. The van der Waals surface area contributed by atoms with Gasteiger partial charge in [0, 0.05) is 50.3 Å². The van der Waals surface area contributed by atoms with Gasteiger partial charge in [-0.1, -0.05) is 0 Å². The smallest absolute Gasteiger partial charge is 0.191 e. The number of nitrogens with one attached hydrogen (secondary N) is 2. The van der Waals surface area contributed by atoms with Crippen molar-refractivity contribution in [1.82, 2.24) is 25.4 Å². The van der Waals surface area contributed by atoms with E-state index in [1.807, 2.05) is 6.20 Å². The number of aryl methyl sites for hydroxylation is 1. The van der Waals surface area contributed by atoms with E-state index >= 15 is 0 Å². The Morgan fingerprint density at radius 1 is 1.41 bits per heavy atom. The van der Waals surface area contributed by atoms with Crippen molar-refractivity contribution in [1.29, 1.82) is 0 Å². The van der Waals surface area contributed by atoms with E-state index in [0.29, 0.717) is 6.04 Å². The van der Waals surface area contributed by atoms with Crippen LogP contribution in [0.3, 0.4) is 0 Å². The molecule has 2 N–H and O–H groups in total. The fraction of sp³-hybridized carbons (Fsp3) is 0.714. The number of piperazine rings is 1. The van der Waals surface area contributed by atoms with E-state index in [1.165, 1.54) is 4.88 Å². The molecular formula is C14H27IN6S. The monoisotopic (exact) mass is 438 g/mol. The summed E-state index contributed by atoms with van der Waals surface area (Å²) in [6.07, 6.45) is 1.91. The van der Waals surface area contributed by atoms with Crippen molar-refractivity contribution >= 4 is 41.3 Å². The molecule has 1 aromatic heterocycles. The molecule has 1 aromatic rings. The minimum absolute atomic E-state index is 0. The molecule has 0 saturated carbocycles. The third kappa shape index (κ3) is 5.98. The minimum atomic E-state index is 0. The zero-order chi connectivity index (χ0) is 15.2. The summed E-state index contributed by atoms with van der Waals surface area (Å²) in [5.41, 5.74) is 0. The molecule has 0 radical (unpaired) electrons. The molecule has 1 saturated heterocycles. The second-order valence-electron chi connectivity index (χ2n) is 5.57. The molecule has 1 unspecified atom stereocenters. The van der Waals surface area contributed by atoms with Crippen LogP contribution in [0.1, 0.15) is 9.88 Å².